The summed E-state index contributed by atoms with van der Waals surface area (Å²) in [7, 11) is 0. The van der Waals surface area contributed by atoms with Crippen LogP contribution in [0.25, 0.3) is 0 Å². The summed E-state index contributed by atoms with van der Waals surface area (Å²) in [5, 5.41) is 6.78. The molecular formula is C16H30N2O. The first-order chi connectivity index (χ1) is 9.12. The Balaban J connectivity index is 1.95. The van der Waals surface area contributed by atoms with E-state index >= 15 is 0 Å². The first-order valence-corrected chi connectivity index (χ1v) is 8.14. The molecule has 0 radical (unpaired) electrons. The van der Waals surface area contributed by atoms with Crippen LogP contribution >= 0.6 is 0 Å². The molecular weight excluding hydrogens is 236 g/mol. The molecule has 2 rings (SSSR count). The summed E-state index contributed by atoms with van der Waals surface area (Å²) in [6.07, 6.45) is 9.30. The number of carbonyl (C=O) groups is 1. The summed E-state index contributed by atoms with van der Waals surface area (Å²) in [6.45, 7) is 6.52. The van der Waals surface area contributed by atoms with Crippen molar-refractivity contribution in [3.63, 3.8) is 0 Å². The van der Waals surface area contributed by atoms with Gasteiger partial charge in [-0.1, -0.05) is 33.1 Å². The lowest BCUT2D eigenvalue weighted by Gasteiger charge is -2.31. The highest BCUT2D eigenvalue weighted by Crippen LogP contribution is 2.43. The van der Waals surface area contributed by atoms with E-state index in [2.05, 4.69) is 24.5 Å². The number of amides is 1. The molecule has 1 aliphatic heterocycles. The molecule has 110 valence electrons. The van der Waals surface area contributed by atoms with Crippen LogP contribution in [0.4, 0.5) is 0 Å². The van der Waals surface area contributed by atoms with Gasteiger partial charge in [-0.05, 0) is 44.6 Å². The highest BCUT2D eigenvalue weighted by Gasteiger charge is 2.41. The Morgan fingerprint density at radius 2 is 2.00 bits per heavy atom. The fourth-order valence-electron chi connectivity index (χ4n) is 3.84. The summed E-state index contributed by atoms with van der Waals surface area (Å²) < 4.78 is 0. The van der Waals surface area contributed by atoms with Gasteiger partial charge in [0.1, 0.15) is 0 Å². The minimum atomic E-state index is -0.0551. The molecule has 1 unspecified atom stereocenters. The van der Waals surface area contributed by atoms with Crippen LogP contribution in [-0.2, 0) is 4.79 Å². The zero-order valence-corrected chi connectivity index (χ0v) is 12.6. The van der Waals surface area contributed by atoms with Crippen LogP contribution in [0.1, 0.15) is 65.2 Å². The van der Waals surface area contributed by atoms with E-state index in [1.807, 2.05) is 0 Å². The monoisotopic (exact) mass is 266 g/mol. The molecule has 0 aromatic carbocycles. The molecule has 0 aromatic heterocycles. The third-order valence-corrected chi connectivity index (χ3v) is 4.72. The SMILES string of the molecule is CC(C)CC1(C(=O)NC2CCCCNC2)CCCC1. The van der Waals surface area contributed by atoms with Crippen molar-refractivity contribution in [2.75, 3.05) is 13.1 Å². The summed E-state index contributed by atoms with van der Waals surface area (Å²) in [4.78, 5) is 12.7. The predicted molar refractivity (Wildman–Crippen MR) is 79.0 cm³/mol. The van der Waals surface area contributed by atoms with Crippen molar-refractivity contribution in [1.82, 2.24) is 10.6 Å². The van der Waals surface area contributed by atoms with E-state index in [0.29, 0.717) is 17.9 Å². The Morgan fingerprint density at radius 1 is 1.26 bits per heavy atom. The molecule has 1 heterocycles. The Kier molecular flexibility index (Phi) is 5.26. The molecule has 3 nitrogen and oxygen atoms in total. The van der Waals surface area contributed by atoms with Crippen LogP contribution in [0.3, 0.4) is 0 Å². The molecule has 1 aliphatic carbocycles. The van der Waals surface area contributed by atoms with Crippen LogP contribution < -0.4 is 10.6 Å². The Hall–Kier alpha value is -0.570. The molecule has 0 bridgehead atoms. The van der Waals surface area contributed by atoms with E-state index in [0.717, 1.165) is 38.8 Å². The Morgan fingerprint density at radius 3 is 2.68 bits per heavy atom. The maximum atomic E-state index is 12.7. The fraction of sp³-hybridized carbons (Fsp3) is 0.938. The Bertz CT molecular complexity index is 287. The quantitative estimate of drug-likeness (QED) is 0.821. The summed E-state index contributed by atoms with van der Waals surface area (Å²) in [6, 6.07) is 0.347. The number of hydrogen-bond acceptors (Lipinski definition) is 2. The van der Waals surface area contributed by atoms with Gasteiger partial charge in [0.15, 0.2) is 0 Å². The van der Waals surface area contributed by atoms with Gasteiger partial charge >= 0.3 is 0 Å². The molecule has 1 atom stereocenters. The number of rotatable bonds is 4. The molecule has 2 fully saturated rings. The van der Waals surface area contributed by atoms with Crippen molar-refractivity contribution < 1.29 is 4.79 Å². The van der Waals surface area contributed by atoms with E-state index < -0.39 is 0 Å². The van der Waals surface area contributed by atoms with Gasteiger partial charge in [0.05, 0.1) is 0 Å². The van der Waals surface area contributed by atoms with Crippen molar-refractivity contribution >= 4 is 5.91 Å². The second-order valence-corrected chi connectivity index (χ2v) is 6.96. The van der Waals surface area contributed by atoms with Gasteiger partial charge in [0.2, 0.25) is 5.91 Å². The minimum Gasteiger partial charge on any atom is -0.352 e. The van der Waals surface area contributed by atoms with Gasteiger partial charge in [-0.15, -0.1) is 0 Å². The van der Waals surface area contributed by atoms with Crippen LogP contribution in [-0.4, -0.2) is 25.0 Å². The standard InChI is InChI=1S/C16H30N2O/c1-13(2)11-16(8-4-5-9-16)15(19)18-14-7-3-6-10-17-12-14/h13-14,17H,3-12H2,1-2H3,(H,18,19). The van der Waals surface area contributed by atoms with Gasteiger partial charge in [-0.2, -0.15) is 0 Å². The summed E-state index contributed by atoms with van der Waals surface area (Å²) >= 11 is 0. The van der Waals surface area contributed by atoms with Crippen molar-refractivity contribution in [2.45, 2.75) is 71.3 Å². The van der Waals surface area contributed by atoms with E-state index in [-0.39, 0.29) is 5.41 Å². The largest absolute Gasteiger partial charge is 0.352 e. The topological polar surface area (TPSA) is 41.1 Å². The van der Waals surface area contributed by atoms with Gasteiger partial charge < -0.3 is 10.6 Å². The number of nitrogens with one attached hydrogen (secondary N) is 2. The van der Waals surface area contributed by atoms with Gasteiger partial charge in [0.25, 0.3) is 0 Å². The summed E-state index contributed by atoms with van der Waals surface area (Å²) in [5.74, 6) is 0.948. The fourth-order valence-corrected chi connectivity index (χ4v) is 3.84. The zero-order chi connectivity index (χ0) is 13.7. The van der Waals surface area contributed by atoms with Crippen LogP contribution in [0.5, 0.6) is 0 Å². The molecule has 1 saturated heterocycles. The lowest BCUT2D eigenvalue weighted by Crippen LogP contribution is -2.48. The van der Waals surface area contributed by atoms with E-state index in [4.69, 9.17) is 0 Å². The average molecular weight is 266 g/mol. The highest BCUT2D eigenvalue weighted by molar-refractivity contribution is 5.83. The normalized spacial score (nSPS) is 27.2. The predicted octanol–water partition coefficient (Wildman–Crippen LogP) is 2.85. The molecule has 1 saturated carbocycles. The third kappa shape index (κ3) is 3.95. The minimum absolute atomic E-state index is 0.0551. The highest BCUT2D eigenvalue weighted by atomic mass is 16.2. The van der Waals surface area contributed by atoms with Crippen LogP contribution in [0.2, 0.25) is 0 Å². The maximum Gasteiger partial charge on any atom is 0.226 e. The first kappa shape index (κ1) is 14.8. The van der Waals surface area contributed by atoms with E-state index in [9.17, 15) is 4.79 Å². The van der Waals surface area contributed by atoms with E-state index in [1.165, 1.54) is 25.7 Å². The molecule has 2 aliphatic rings. The average Bonchev–Trinajstić information content (AvgIpc) is 2.67. The molecule has 19 heavy (non-hydrogen) atoms. The second kappa shape index (κ2) is 6.74. The van der Waals surface area contributed by atoms with Gasteiger partial charge in [-0.25, -0.2) is 0 Å². The maximum absolute atomic E-state index is 12.7. The molecule has 0 aromatic rings. The van der Waals surface area contributed by atoms with Gasteiger partial charge in [0, 0.05) is 18.0 Å². The zero-order valence-electron chi connectivity index (χ0n) is 12.6. The first-order valence-electron chi connectivity index (χ1n) is 8.14. The van der Waals surface area contributed by atoms with Gasteiger partial charge in [-0.3, -0.25) is 4.79 Å². The third-order valence-electron chi connectivity index (χ3n) is 4.72. The van der Waals surface area contributed by atoms with Crippen LogP contribution in [0.15, 0.2) is 0 Å². The summed E-state index contributed by atoms with van der Waals surface area (Å²) in [5.41, 5.74) is -0.0551. The number of hydrogen-bond donors (Lipinski definition) is 2. The van der Waals surface area contributed by atoms with E-state index in [1.54, 1.807) is 0 Å². The lowest BCUT2D eigenvalue weighted by atomic mass is 9.77. The van der Waals surface area contributed by atoms with Crippen molar-refractivity contribution in [3.8, 4) is 0 Å². The Labute approximate surface area is 117 Å². The lowest BCUT2D eigenvalue weighted by molar-refractivity contribution is -0.132. The van der Waals surface area contributed by atoms with Crippen molar-refractivity contribution in [1.29, 1.82) is 0 Å². The molecule has 3 heteroatoms. The van der Waals surface area contributed by atoms with Crippen molar-refractivity contribution in [3.05, 3.63) is 0 Å². The van der Waals surface area contributed by atoms with Crippen LogP contribution in [0, 0.1) is 11.3 Å². The molecule has 2 N–H and O–H groups in total. The molecule has 1 amide bonds. The number of carbonyl (C=O) groups excluding carboxylic acids is 1. The molecule has 0 spiro atoms. The smallest absolute Gasteiger partial charge is 0.226 e. The second-order valence-electron chi connectivity index (χ2n) is 6.96. The van der Waals surface area contributed by atoms with Crippen molar-refractivity contribution in [2.24, 2.45) is 11.3 Å².